The third kappa shape index (κ3) is 3.32. The molecule has 0 aliphatic rings. The third-order valence-electron chi connectivity index (χ3n) is 1.10. The van der Waals surface area contributed by atoms with Gasteiger partial charge in [-0.2, -0.15) is 0 Å². The van der Waals surface area contributed by atoms with Crippen LogP contribution in [0, 0.1) is 0 Å². The lowest BCUT2D eigenvalue weighted by atomic mass is 11.0. The van der Waals surface area contributed by atoms with Crippen molar-refractivity contribution in [2.24, 2.45) is 0 Å². The largest absolute Gasteiger partial charge is 0.344 e. The molecule has 0 heterocycles. The fourth-order valence-corrected chi connectivity index (χ4v) is 3.99. The maximum atomic E-state index is 10.5. The molecule has 0 atom stereocenters. The summed E-state index contributed by atoms with van der Waals surface area (Å²) in [4.78, 5) is 17.2. The summed E-state index contributed by atoms with van der Waals surface area (Å²) < 4.78 is 10.5. The fourth-order valence-electron chi connectivity index (χ4n) is 0.592. The number of rotatable bonds is 3. The smallest absolute Gasteiger partial charge is 0.322 e. The number of hydrogen-bond donors (Lipinski definition) is 2. The molecule has 0 saturated carbocycles. The Labute approximate surface area is 56.3 Å². The van der Waals surface area contributed by atoms with Crippen molar-refractivity contribution in [1.82, 2.24) is 0 Å². The van der Waals surface area contributed by atoms with Crippen LogP contribution in [0.25, 0.3) is 0 Å². The Kier molecular flexibility index (Phi) is 3.91. The average molecular weight is 170 g/mol. The summed E-state index contributed by atoms with van der Waals surface area (Å²) >= 11 is 0. The molecule has 2 N–H and O–H groups in total. The summed E-state index contributed by atoms with van der Waals surface area (Å²) in [6.07, 6.45) is 1.24. The Balaban J connectivity index is 3.96. The average Bonchev–Trinajstić information content (AvgIpc) is 1.65. The van der Waals surface area contributed by atoms with Crippen molar-refractivity contribution in [3.8, 4) is 0 Å². The molecular formula is C4H12O3P2. The summed E-state index contributed by atoms with van der Waals surface area (Å²) in [5, 5.41) is 0. The molecule has 0 aromatic heterocycles. The highest BCUT2D eigenvalue weighted by Crippen LogP contribution is 2.69. The van der Waals surface area contributed by atoms with Gasteiger partial charge in [0, 0.05) is 7.61 Å². The molecule has 0 bridgehead atoms. The normalized spacial score (nSPS) is 12.6. The third-order valence-corrected chi connectivity index (χ3v) is 7.20. The molecule has 0 fully saturated rings. The molecule has 0 aromatic rings. The van der Waals surface area contributed by atoms with Crippen LogP contribution in [-0.2, 0) is 4.57 Å². The summed E-state index contributed by atoms with van der Waals surface area (Å²) in [5.74, 6) is 0. The molecule has 0 radical (unpaired) electrons. The molecular weight excluding hydrogens is 158 g/mol. The molecule has 5 heteroatoms. The zero-order valence-corrected chi connectivity index (χ0v) is 7.40. The van der Waals surface area contributed by atoms with E-state index in [1.165, 1.54) is 0 Å². The Morgan fingerprint density at radius 3 is 1.67 bits per heavy atom. The molecule has 0 rings (SSSR count). The second-order valence-electron chi connectivity index (χ2n) is 1.65. The lowest BCUT2D eigenvalue weighted by Crippen LogP contribution is -1.83. The Morgan fingerprint density at radius 1 is 1.33 bits per heavy atom. The standard InChI is InChI=1S/C4H12O3P2/c1-3-8(4-2)9(5,6)7/h3-4H2,1-2H3,(H2,5,6,7). The fraction of sp³-hybridized carbons (Fsp3) is 1.00. The number of hydrogen-bond acceptors (Lipinski definition) is 1. The molecule has 0 spiro atoms. The van der Waals surface area contributed by atoms with Gasteiger partial charge in [-0.1, -0.05) is 13.8 Å². The van der Waals surface area contributed by atoms with Gasteiger partial charge in [-0.3, -0.25) is 4.57 Å². The molecule has 0 saturated heterocycles. The van der Waals surface area contributed by atoms with Crippen molar-refractivity contribution < 1.29 is 14.4 Å². The van der Waals surface area contributed by atoms with E-state index in [0.717, 1.165) is 0 Å². The van der Waals surface area contributed by atoms with Gasteiger partial charge in [-0.05, 0) is 12.3 Å². The summed E-state index contributed by atoms with van der Waals surface area (Å²) in [6, 6.07) is 0. The predicted molar refractivity (Wildman–Crippen MR) is 40.0 cm³/mol. The molecule has 0 amide bonds. The minimum atomic E-state index is -3.71. The summed E-state index contributed by atoms with van der Waals surface area (Å²) in [6.45, 7) is 3.63. The van der Waals surface area contributed by atoms with Crippen molar-refractivity contribution in [3.63, 3.8) is 0 Å². The SMILES string of the molecule is CCP(CC)P(=O)(O)O. The first kappa shape index (κ1) is 9.58. The van der Waals surface area contributed by atoms with Gasteiger partial charge in [0.2, 0.25) is 0 Å². The highest BCUT2D eigenvalue weighted by molar-refractivity contribution is 8.28. The zero-order valence-electron chi connectivity index (χ0n) is 5.61. The predicted octanol–water partition coefficient (Wildman–Crippen LogP) is 1.60. The maximum Gasteiger partial charge on any atom is 0.344 e. The van der Waals surface area contributed by atoms with Crippen LogP contribution >= 0.6 is 14.9 Å². The lowest BCUT2D eigenvalue weighted by molar-refractivity contribution is 0.395. The van der Waals surface area contributed by atoms with Crippen LogP contribution in [0.3, 0.4) is 0 Å². The first-order chi connectivity index (χ1) is 4.02. The minimum absolute atomic E-state index is 0.621. The van der Waals surface area contributed by atoms with Crippen LogP contribution in [0.15, 0.2) is 0 Å². The van der Waals surface area contributed by atoms with Gasteiger partial charge in [0.25, 0.3) is 0 Å². The van der Waals surface area contributed by atoms with E-state index in [-0.39, 0.29) is 0 Å². The van der Waals surface area contributed by atoms with Crippen molar-refractivity contribution in [1.29, 1.82) is 0 Å². The Morgan fingerprint density at radius 2 is 1.67 bits per heavy atom. The second-order valence-corrected chi connectivity index (χ2v) is 8.22. The van der Waals surface area contributed by atoms with E-state index in [4.69, 9.17) is 9.79 Å². The summed E-state index contributed by atoms with van der Waals surface area (Å²) in [5.41, 5.74) is 0. The highest BCUT2D eigenvalue weighted by atomic mass is 32.1. The van der Waals surface area contributed by atoms with Crippen LogP contribution in [0.2, 0.25) is 0 Å². The quantitative estimate of drug-likeness (QED) is 0.632. The van der Waals surface area contributed by atoms with Crippen LogP contribution in [0.1, 0.15) is 13.8 Å². The van der Waals surface area contributed by atoms with Crippen LogP contribution in [0.4, 0.5) is 0 Å². The second kappa shape index (κ2) is 3.68. The topological polar surface area (TPSA) is 57.5 Å². The van der Waals surface area contributed by atoms with Gasteiger partial charge >= 0.3 is 7.28 Å². The van der Waals surface area contributed by atoms with E-state index in [0.29, 0.717) is 12.3 Å². The highest BCUT2D eigenvalue weighted by Gasteiger charge is 2.23. The van der Waals surface area contributed by atoms with E-state index < -0.39 is 14.9 Å². The van der Waals surface area contributed by atoms with Crippen molar-refractivity contribution in [3.05, 3.63) is 0 Å². The molecule has 56 valence electrons. The Hall–Kier alpha value is 0.580. The van der Waals surface area contributed by atoms with E-state index in [2.05, 4.69) is 0 Å². The molecule has 0 unspecified atom stereocenters. The first-order valence-electron chi connectivity index (χ1n) is 2.83. The minimum Gasteiger partial charge on any atom is -0.322 e. The van der Waals surface area contributed by atoms with E-state index in [1.807, 2.05) is 13.8 Å². The van der Waals surface area contributed by atoms with Gasteiger partial charge < -0.3 is 9.79 Å². The first-order valence-corrected chi connectivity index (χ1v) is 6.86. The van der Waals surface area contributed by atoms with Gasteiger partial charge in [0.15, 0.2) is 0 Å². The van der Waals surface area contributed by atoms with Gasteiger partial charge in [-0.15, -0.1) is 0 Å². The van der Waals surface area contributed by atoms with Crippen LogP contribution < -0.4 is 0 Å². The van der Waals surface area contributed by atoms with E-state index in [1.54, 1.807) is 0 Å². The van der Waals surface area contributed by atoms with E-state index >= 15 is 0 Å². The van der Waals surface area contributed by atoms with Crippen LogP contribution in [-0.4, -0.2) is 22.1 Å². The molecule has 0 aliphatic heterocycles. The molecule has 0 aliphatic carbocycles. The maximum absolute atomic E-state index is 10.5. The van der Waals surface area contributed by atoms with Gasteiger partial charge in [-0.25, -0.2) is 0 Å². The van der Waals surface area contributed by atoms with Gasteiger partial charge in [0.1, 0.15) is 0 Å². The monoisotopic (exact) mass is 170 g/mol. The van der Waals surface area contributed by atoms with Crippen molar-refractivity contribution in [2.45, 2.75) is 13.8 Å². The summed E-state index contributed by atoms with van der Waals surface area (Å²) in [7, 11) is -4.74. The molecule has 9 heavy (non-hydrogen) atoms. The Bertz CT molecular complexity index is 115. The van der Waals surface area contributed by atoms with Crippen molar-refractivity contribution in [2.75, 3.05) is 12.3 Å². The van der Waals surface area contributed by atoms with E-state index in [9.17, 15) is 4.57 Å². The van der Waals surface area contributed by atoms with Crippen molar-refractivity contribution >= 4 is 14.9 Å². The zero-order chi connectivity index (χ0) is 7.49. The van der Waals surface area contributed by atoms with Gasteiger partial charge in [0.05, 0.1) is 0 Å². The molecule has 3 nitrogen and oxygen atoms in total. The molecule has 0 aromatic carbocycles. The lowest BCUT2D eigenvalue weighted by Gasteiger charge is -2.13. The van der Waals surface area contributed by atoms with Crippen LogP contribution in [0.5, 0.6) is 0 Å².